The molecule has 0 bridgehead atoms. The first-order valence-electron chi connectivity index (χ1n) is 5.98. The summed E-state index contributed by atoms with van der Waals surface area (Å²) in [6.45, 7) is 0. The van der Waals surface area contributed by atoms with Gasteiger partial charge in [-0.2, -0.15) is 0 Å². The van der Waals surface area contributed by atoms with Gasteiger partial charge in [0.15, 0.2) is 0 Å². The molecule has 0 amide bonds. The van der Waals surface area contributed by atoms with Crippen molar-refractivity contribution in [1.82, 2.24) is 9.97 Å². The average molecular weight is 257 g/mol. The van der Waals surface area contributed by atoms with Crippen LogP contribution in [0.3, 0.4) is 0 Å². The van der Waals surface area contributed by atoms with Crippen LogP contribution in [0.1, 0.15) is 17.1 Å². The highest BCUT2D eigenvalue weighted by atomic mass is 16.4. The van der Waals surface area contributed by atoms with Crippen molar-refractivity contribution in [2.45, 2.75) is 18.9 Å². The van der Waals surface area contributed by atoms with Crippen LogP contribution in [0.25, 0.3) is 0 Å². The van der Waals surface area contributed by atoms with Crippen molar-refractivity contribution in [3.63, 3.8) is 0 Å². The van der Waals surface area contributed by atoms with Gasteiger partial charge in [-0.25, -0.2) is 9.97 Å². The molecular formula is C14H15N3O2. The highest BCUT2D eigenvalue weighted by Gasteiger charge is 2.14. The lowest BCUT2D eigenvalue weighted by Crippen LogP contribution is -2.33. The van der Waals surface area contributed by atoms with Gasteiger partial charge in [-0.15, -0.1) is 0 Å². The fourth-order valence-corrected chi connectivity index (χ4v) is 1.73. The second-order valence-electron chi connectivity index (χ2n) is 4.28. The summed E-state index contributed by atoms with van der Waals surface area (Å²) in [6.07, 6.45) is 2.46. The van der Waals surface area contributed by atoms with E-state index < -0.39 is 12.0 Å². The first-order valence-corrected chi connectivity index (χ1v) is 5.98. The summed E-state index contributed by atoms with van der Waals surface area (Å²) in [5.74, 6) is -0.583. The molecule has 1 heterocycles. The first-order chi connectivity index (χ1) is 9.15. The van der Waals surface area contributed by atoms with Crippen molar-refractivity contribution >= 4 is 5.97 Å². The van der Waals surface area contributed by atoms with Gasteiger partial charge in [0, 0.05) is 24.7 Å². The molecule has 0 radical (unpaired) electrons. The number of aromatic nitrogens is 2. The highest BCUT2D eigenvalue weighted by Crippen LogP contribution is 2.07. The number of hydrogen-bond acceptors (Lipinski definition) is 4. The van der Waals surface area contributed by atoms with Crippen LogP contribution in [-0.2, 0) is 17.6 Å². The van der Waals surface area contributed by atoms with Crippen LogP contribution in [0, 0.1) is 0 Å². The van der Waals surface area contributed by atoms with Gasteiger partial charge >= 0.3 is 5.97 Å². The Labute approximate surface area is 111 Å². The van der Waals surface area contributed by atoms with Gasteiger partial charge in [0.05, 0.1) is 0 Å². The number of carboxylic acids is 1. The second-order valence-corrected chi connectivity index (χ2v) is 4.28. The number of nitrogens with zero attached hydrogens (tertiary/aromatic N) is 2. The SMILES string of the molecule is NC(Cc1nccc(Cc2ccccc2)n1)C(=O)O. The van der Waals surface area contributed by atoms with Crippen molar-refractivity contribution < 1.29 is 9.90 Å². The Balaban J connectivity index is 2.09. The molecule has 5 heteroatoms. The molecule has 0 spiro atoms. The van der Waals surface area contributed by atoms with Crippen LogP contribution < -0.4 is 5.73 Å². The zero-order valence-electron chi connectivity index (χ0n) is 10.4. The molecule has 1 aromatic heterocycles. The van der Waals surface area contributed by atoms with Crippen LogP contribution in [0.15, 0.2) is 42.6 Å². The van der Waals surface area contributed by atoms with Crippen molar-refractivity contribution in [2.75, 3.05) is 0 Å². The van der Waals surface area contributed by atoms with Crippen molar-refractivity contribution in [2.24, 2.45) is 5.73 Å². The van der Waals surface area contributed by atoms with E-state index in [9.17, 15) is 4.79 Å². The zero-order valence-corrected chi connectivity index (χ0v) is 10.4. The van der Waals surface area contributed by atoms with Gasteiger partial charge in [0.25, 0.3) is 0 Å². The van der Waals surface area contributed by atoms with E-state index in [0.717, 1.165) is 11.3 Å². The van der Waals surface area contributed by atoms with Gasteiger partial charge in [0.2, 0.25) is 0 Å². The molecular weight excluding hydrogens is 242 g/mol. The summed E-state index contributed by atoms with van der Waals surface area (Å²) in [5, 5.41) is 8.77. The molecule has 1 unspecified atom stereocenters. The largest absolute Gasteiger partial charge is 0.480 e. The molecule has 2 aromatic rings. The molecule has 19 heavy (non-hydrogen) atoms. The standard InChI is InChI=1S/C14H15N3O2/c15-12(14(18)19)9-13-16-7-6-11(17-13)8-10-4-2-1-3-5-10/h1-7,12H,8-9,15H2,(H,18,19). The molecule has 2 rings (SSSR count). The minimum Gasteiger partial charge on any atom is -0.480 e. The molecule has 0 saturated carbocycles. The van der Waals surface area contributed by atoms with E-state index in [0.29, 0.717) is 12.2 Å². The summed E-state index contributed by atoms with van der Waals surface area (Å²) < 4.78 is 0. The van der Waals surface area contributed by atoms with E-state index in [-0.39, 0.29) is 6.42 Å². The van der Waals surface area contributed by atoms with E-state index in [2.05, 4.69) is 9.97 Å². The number of aliphatic carboxylic acids is 1. The molecule has 1 aromatic carbocycles. The minimum absolute atomic E-state index is 0.137. The highest BCUT2D eigenvalue weighted by molar-refractivity contribution is 5.73. The maximum absolute atomic E-state index is 10.7. The van der Waals surface area contributed by atoms with Gasteiger partial charge < -0.3 is 10.8 Å². The fraction of sp³-hybridized carbons (Fsp3) is 0.214. The molecule has 0 aliphatic heterocycles. The third-order valence-electron chi connectivity index (χ3n) is 2.71. The molecule has 0 fully saturated rings. The lowest BCUT2D eigenvalue weighted by Gasteiger charge is -2.06. The Morgan fingerprint density at radius 3 is 2.68 bits per heavy atom. The van der Waals surface area contributed by atoms with Gasteiger partial charge in [-0.1, -0.05) is 30.3 Å². The monoisotopic (exact) mass is 257 g/mol. The van der Waals surface area contributed by atoms with Crippen molar-refractivity contribution in [1.29, 1.82) is 0 Å². The number of rotatable bonds is 5. The predicted molar refractivity (Wildman–Crippen MR) is 70.6 cm³/mol. The third-order valence-corrected chi connectivity index (χ3v) is 2.71. The number of nitrogens with two attached hydrogens (primary N) is 1. The third kappa shape index (κ3) is 3.86. The van der Waals surface area contributed by atoms with Gasteiger partial charge in [-0.3, -0.25) is 4.79 Å². The lowest BCUT2D eigenvalue weighted by molar-refractivity contribution is -0.138. The van der Waals surface area contributed by atoms with Crippen LogP contribution in [0.2, 0.25) is 0 Å². The van der Waals surface area contributed by atoms with E-state index >= 15 is 0 Å². The Morgan fingerprint density at radius 2 is 2.00 bits per heavy atom. The first kappa shape index (κ1) is 13.2. The Hall–Kier alpha value is -2.27. The lowest BCUT2D eigenvalue weighted by atomic mass is 10.1. The Kier molecular flexibility index (Phi) is 4.20. The minimum atomic E-state index is -1.04. The van der Waals surface area contributed by atoms with E-state index in [1.54, 1.807) is 6.20 Å². The Morgan fingerprint density at radius 1 is 1.26 bits per heavy atom. The average Bonchev–Trinajstić information content (AvgIpc) is 2.40. The van der Waals surface area contributed by atoms with Crippen molar-refractivity contribution in [3.05, 3.63) is 59.7 Å². The summed E-state index contributed by atoms with van der Waals surface area (Å²) in [6, 6.07) is 10.8. The van der Waals surface area contributed by atoms with E-state index in [1.807, 2.05) is 36.4 Å². The molecule has 0 aliphatic carbocycles. The summed E-state index contributed by atoms with van der Waals surface area (Å²) in [4.78, 5) is 19.1. The van der Waals surface area contributed by atoms with E-state index in [4.69, 9.17) is 10.8 Å². The molecule has 1 atom stereocenters. The molecule has 0 saturated heterocycles. The number of hydrogen-bond donors (Lipinski definition) is 2. The fourth-order valence-electron chi connectivity index (χ4n) is 1.73. The normalized spacial score (nSPS) is 12.1. The van der Waals surface area contributed by atoms with Crippen LogP contribution in [-0.4, -0.2) is 27.1 Å². The zero-order chi connectivity index (χ0) is 13.7. The molecule has 98 valence electrons. The number of carboxylic acid groups (broad SMARTS) is 1. The summed E-state index contributed by atoms with van der Waals surface area (Å²) in [7, 11) is 0. The second kappa shape index (κ2) is 6.06. The Bertz CT molecular complexity index is 558. The smallest absolute Gasteiger partial charge is 0.320 e. The van der Waals surface area contributed by atoms with Gasteiger partial charge in [0.1, 0.15) is 11.9 Å². The van der Waals surface area contributed by atoms with Crippen LogP contribution in [0.4, 0.5) is 0 Å². The maximum Gasteiger partial charge on any atom is 0.320 e. The van der Waals surface area contributed by atoms with Crippen molar-refractivity contribution in [3.8, 4) is 0 Å². The topological polar surface area (TPSA) is 89.1 Å². The molecule has 5 nitrogen and oxygen atoms in total. The summed E-state index contributed by atoms with van der Waals surface area (Å²) in [5.41, 5.74) is 7.47. The quantitative estimate of drug-likeness (QED) is 0.834. The number of benzene rings is 1. The van der Waals surface area contributed by atoms with Crippen LogP contribution in [0.5, 0.6) is 0 Å². The van der Waals surface area contributed by atoms with E-state index in [1.165, 1.54) is 0 Å². The predicted octanol–water partition coefficient (Wildman–Crippen LogP) is 1.02. The summed E-state index contributed by atoms with van der Waals surface area (Å²) >= 11 is 0. The maximum atomic E-state index is 10.7. The number of carbonyl (C=O) groups is 1. The molecule has 3 N–H and O–H groups in total. The van der Waals surface area contributed by atoms with Gasteiger partial charge in [-0.05, 0) is 11.6 Å². The van der Waals surface area contributed by atoms with Crippen LogP contribution >= 0.6 is 0 Å². The molecule has 0 aliphatic rings.